The summed E-state index contributed by atoms with van der Waals surface area (Å²) in [4.78, 5) is 29.1. The lowest BCUT2D eigenvalue weighted by Gasteiger charge is -2.21. The van der Waals surface area contributed by atoms with Gasteiger partial charge in [0.05, 0.1) is 23.2 Å². The maximum atomic E-state index is 12.5. The Balaban J connectivity index is 1.96. The molecular formula is C17H16N4O3S. The van der Waals surface area contributed by atoms with Gasteiger partial charge in [0.1, 0.15) is 0 Å². The molecule has 25 heavy (non-hydrogen) atoms. The molecule has 0 unspecified atom stereocenters. The molecule has 0 saturated carbocycles. The van der Waals surface area contributed by atoms with Crippen molar-refractivity contribution in [3.63, 3.8) is 0 Å². The van der Waals surface area contributed by atoms with Crippen LogP contribution >= 0.6 is 11.8 Å². The normalized spacial score (nSPS) is 10.0. The van der Waals surface area contributed by atoms with Crippen LogP contribution in [0.1, 0.15) is 12.0 Å². The highest BCUT2D eigenvalue weighted by Gasteiger charge is 2.15. The van der Waals surface area contributed by atoms with Crippen molar-refractivity contribution in [3.05, 3.63) is 64.5 Å². The highest BCUT2D eigenvalue weighted by atomic mass is 32.2. The van der Waals surface area contributed by atoms with Gasteiger partial charge in [-0.3, -0.25) is 19.9 Å². The number of hydrogen-bond acceptors (Lipinski definition) is 6. The molecule has 0 radical (unpaired) electrons. The van der Waals surface area contributed by atoms with E-state index in [2.05, 4.69) is 4.98 Å². The Morgan fingerprint density at radius 1 is 1.32 bits per heavy atom. The quantitative estimate of drug-likeness (QED) is 0.409. The first kappa shape index (κ1) is 18.4. The van der Waals surface area contributed by atoms with Gasteiger partial charge in [-0.2, -0.15) is 5.26 Å². The van der Waals surface area contributed by atoms with Crippen LogP contribution in [0.3, 0.4) is 0 Å². The van der Waals surface area contributed by atoms with Gasteiger partial charge in [0.15, 0.2) is 0 Å². The Hall–Kier alpha value is -2.92. The molecule has 1 aromatic heterocycles. The molecule has 0 saturated heterocycles. The molecule has 1 heterocycles. The summed E-state index contributed by atoms with van der Waals surface area (Å²) in [5.41, 5.74) is 0.914. The summed E-state index contributed by atoms with van der Waals surface area (Å²) < 4.78 is 0. The fourth-order valence-corrected chi connectivity index (χ4v) is 2.89. The number of amides is 1. The Bertz CT molecular complexity index is 760. The highest BCUT2D eigenvalue weighted by Crippen LogP contribution is 2.22. The largest absolute Gasteiger partial charge is 0.337 e. The third kappa shape index (κ3) is 5.90. The Morgan fingerprint density at radius 3 is 2.68 bits per heavy atom. The number of aromatic nitrogens is 1. The molecule has 2 aromatic rings. The van der Waals surface area contributed by atoms with Gasteiger partial charge < -0.3 is 4.90 Å². The van der Waals surface area contributed by atoms with Crippen molar-refractivity contribution in [1.82, 2.24) is 9.88 Å². The number of benzene rings is 1. The van der Waals surface area contributed by atoms with Crippen molar-refractivity contribution in [2.75, 3.05) is 12.3 Å². The number of thioether (sulfide) groups is 1. The van der Waals surface area contributed by atoms with Crippen LogP contribution in [0.2, 0.25) is 0 Å². The van der Waals surface area contributed by atoms with Crippen LogP contribution < -0.4 is 0 Å². The molecule has 7 nitrogen and oxygen atoms in total. The average Bonchev–Trinajstić information content (AvgIpc) is 2.64. The summed E-state index contributed by atoms with van der Waals surface area (Å²) in [7, 11) is 0. The molecule has 0 spiro atoms. The molecule has 0 fully saturated rings. The molecular weight excluding hydrogens is 340 g/mol. The molecule has 8 heteroatoms. The summed E-state index contributed by atoms with van der Waals surface area (Å²) in [5, 5.41) is 19.4. The maximum Gasteiger partial charge on any atom is 0.269 e. The summed E-state index contributed by atoms with van der Waals surface area (Å²) in [6, 6.07) is 11.8. The SMILES string of the molecule is N#CCCN(Cc1cccnc1)C(=O)CSc1ccc([N+](=O)[O-])cc1. The molecule has 0 bridgehead atoms. The van der Waals surface area contributed by atoms with Gasteiger partial charge in [-0.05, 0) is 23.8 Å². The molecule has 0 aliphatic rings. The monoisotopic (exact) mass is 356 g/mol. The van der Waals surface area contributed by atoms with Gasteiger partial charge in [0.25, 0.3) is 5.69 Å². The van der Waals surface area contributed by atoms with Crippen molar-refractivity contribution in [3.8, 4) is 6.07 Å². The number of hydrogen-bond donors (Lipinski definition) is 0. The van der Waals surface area contributed by atoms with Crippen LogP contribution in [-0.4, -0.2) is 33.0 Å². The third-order valence-electron chi connectivity index (χ3n) is 3.35. The number of nitrogens with zero attached hydrogens (tertiary/aromatic N) is 4. The van der Waals surface area contributed by atoms with E-state index in [1.165, 1.54) is 23.9 Å². The first-order chi connectivity index (χ1) is 12.1. The lowest BCUT2D eigenvalue weighted by Crippen LogP contribution is -2.32. The zero-order valence-corrected chi connectivity index (χ0v) is 14.2. The van der Waals surface area contributed by atoms with Crippen LogP contribution in [-0.2, 0) is 11.3 Å². The van der Waals surface area contributed by atoms with Crippen molar-refractivity contribution in [1.29, 1.82) is 5.26 Å². The van der Waals surface area contributed by atoms with Gasteiger partial charge in [-0.15, -0.1) is 11.8 Å². The van der Waals surface area contributed by atoms with E-state index >= 15 is 0 Å². The van der Waals surface area contributed by atoms with Gasteiger partial charge in [-0.1, -0.05) is 6.07 Å². The number of carbonyl (C=O) groups excluding carboxylic acids is 1. The summed E-state index contributed by atoms with van der Waals surface area (Å²) in [6.07, 6.45) is 3.61. The van der Waals surface area contributed by atoms with E-state index in [-0.39, 0.29) is 23.8 Å². The second-order valence-electron chi connectivity index (χ2n) is 5.12. The van der Waals surface area contributed by atoms with Crippen LogP contribution in [0, 0.1) is 21.4 Å². The van der Waals surface area contributed by atoms with E-state index in [9.17, 15) is 14.9 Å². The van der Waals surface area contributed by atoms with Crippen LogP contribution in [0.25, 0.3) is 0 Å². The smallest absolute Gasteiger partial charge is 0.269 e. The molecule has 1 aromatic carbocycles. The number of carbonyl (C=O) groups is 1. The zero-order chi connectivity index (χ0) is 18.1. The minimum Gasteiger partial charge on any atom is -0.337 e. The lowest BCUT2D eigenvalue weighted by atomic mass is 10.2. The number of nitro benzene ring substituents is 1. The lowest BCUT2D eigenvalue weighted by molar-refractivity contribution is -0.384. The molecule has 2 rings (SSSR count). The fourth-order valence-electron chi connectivity index (χ4n) is 2.09. The van der Waals surface area contributed by atoms with Crippen LogP contribution in [0.15, 0.2) is 53.7 Å². The van der Waals surface area contributed by atoms with Gasteiger partial charge in [0.2, 0.25) is 5.91 Å². The predicted octanol–water partition coefficient (Wildman–Crippen LogP) is 3.02. The van der Waals surface area contributed by atoms with Crippen molar-refractivity contribution >= 4 is 23.4 Å². The van der Waals surface area contributed by atoms with Gasteiger partial charge in [0, 0.05) is 42.5 Å². The number of nitro groups is 1. The van der Waals surface area contributed by atoms with Crippen molar-refractivity contribution in [2.24, 2.45) is 0 Å². The third-order valence-corrected chi connectivity index (χ3v) is 4.35. The molecule has 0 aliphatic carbocycles. The van der Waals surface area contributed by atoms with Crippen molar-refractivity contribution < 1.29 is 9.72 Å². The van der Waals surface area contributed by atoms with Gasteiger partial charge in [-0.25, -0.2) is 0 Å². The Labute approximate surface area is 149 Å². The van der Waals surface area contributed by atoms with Crippen LogP contribution in [0.5, 0.6) is 0 Å². The second kappa shape index (κ2) is 9.39. The van der Waals surface area contributed by atoms with E-state index in [1.807, 2.05) is 12.1 Å². The predicted molar refractivity (Wildman–Crippen MR) is 93.7 cm³/mol. The Morgan fingerprint density at radius 2 is 2.08 bits per heavy atom. The number of pyridine rings is 1. The number of non-ortho nitro benzene ring substituents is 1. The number of rotatable bonds is 8. The summed E-state index contributed by atoms with van der Waals surface area (Å²) in [5.74, 6) is 0.103. The minimum atomic E-state index is -0.461. The molecule has 0 N–H and O–H groups in total. The molecule has 128 valence electrons. The van der Waals surface area contributed by atoms with E-state index < -0.39 is 4.92 Å². The first-order valence-electron chi connectivity index (χ1n) is 7.51. The van der Waals surface area contributed by atoms with Crippen molar-refractivity contribution in [2.45, 2.75) is 17.9 Å². The standard InChI is InChI=1S/C17H16N4O3S/c18-8-2-10-20(12-14-3-1-9-19-11-14)17(22)13-25-16-6-4-15(5-7-16)21(23)24/h1,3-7,9,11H,2,10,12-13H2. The van der Waals surface area contributed by atoms with E-state index in [4.69, 9.17) is 5.26 Å². The van der Waals surface area contributed by atoms with E-state index in [0.717, 1.165) is 10.5 Å². The summed E-state index contributed by atoms with van der Waals surface area (Å²) in [6.45, 7) is 0.750. The zero-order valence-electron chi connectivity index (χ0n) is 13.4. The molecule has 0 aliphatic heterocycles. The minimum absolute atomic E-state index is 0.0166. The van der Waals surface area contributed by atoms with E-state index in [1.54, 1.807) is 35.5 Å². The molecule has 0 atom stereocenters. The highest BCUT2D eigenvalue weighted by molar-refractivity contribution is 8.00. The van der Waals surface area contributed by atoms with E-state index in [0.29, 0.717) is 13.1 Å². The average molecular weight is 356 g/mol. The topological polar surface area (TPSA) is 100 Å². The van der Waals surface area contributed by atoms with Crippen LogP contribution in [0.4, 0.5) is 5.69 Å². The molecule has 1 amide bonds. The number of nitriles is 1. The first-order valence-corrected chi connectivity index (χ1v) is 8.49. The summed E-state index contributed by atoms with van der Waals surface area (Å²) >= 11 is 1.31. The van der Waals surface area contributed by atoms with Gasteiger partial charge >= 0.3 is 0 Å². The second-order valence-corrected chi connectivity index (χ2v) is 6.17. The maximum absolute atomic E-state index is 12.5. The Kier molecular flexibility index (Phi) is 6.92. The fraction of sp³-hybridized carbons (Fsp3) is 0.235.